The highest BCUT2D eigenvalue weighted by atomic mass is 16.1. The van der Waals surface area contributed by atoms with Crippen LogP contribution in [0.15, 0.2) is 24.3 Å². The minimum Gasteiger partial charge on any atom is -0.300 e. The molecule has 1 aliphatic carbocycles. The lowest BCUT2D eigenvalue weighted by Gasteiger charge is -2.32. The fourth-order valence-electron chi connectivity index (χ4n) is 2.63. The quantitative estimate of drug-likeness (QED) is 0.738. The maximum Gasteiger partial charge on any atom is 0.135 e. The van der Waals surface area contributed by atoms with Crippen LogP contribution in [0.5, 0.6) is 0 Å². The van der Waals surface area contributed by atoms with Gasteiger partial charge in [-0.1, -0.05) is 29.8 Å². The Balaban J connectivity index is 2.25. The summed E-state index contributed by atoms with van der Waals surface area (Å²) in [6, 6.07) is 10.6. The number of nitriles is 1. The molecule has 0 aliphatic heterocycles. The van der Waals surface area contributed by atoms with Crippen molar-refractivity contribution in [1.29, 1.82) is 5.26 Å². The van der Waals surface area contributed by atoms with Gasteiger partial charge in [-0.2, -0.15) is 5.26 Å². The molecule has 0 bridgehead atoms. The zero-order valence-corrected chi connectivity index (χ0v) is 10.4. The van der Waals surface area contributed by atoms with Crippen LogP contribution in [0, 0.1) is 23.7 Å². The van der Waals surface area contributed by atoms with Crippen molar-refractivity contribution in [3.63, 3.8) is 0 Å². The average molecular weight is 227 g/mol. The standard InChI is InChI=1S/C15H17NO/c1-11-3-5-12(6-4-11)13-7-14(17)9-15(2,8-13)10-16/h3-6,13H,7-9H2,1-2H3/t13-,15+/m1/s1. The predicted octanol–water partition coefficient (Wildman–Crippen LogP) is 3.36. The molecule has 0 N–H and O–H groups in total. The van der Waals surface area contributed by atoms with Crippen molar-refractivity contribution in [2.45, 2.75) is 39.0 Å². The van der Waals surface area contributed by atoms with E-state index in [-0.39, 0.29) is 11.7 Å². The first-order valence-corrected chi connectivity index (χ1v) is 6.02. The molecule has 0 unspecified atom stereocenters. The second-order valence-corrected chi connectivity index (χ2v) is 5.40. The van der Waals surface area contributed by atoms with E-state index in [0.29, 0.717) is 12.8 Å². The van der Waals surface area contributed by atoms with Crippen molar-refractivity contribution in [2.75, 3.05) is 0 Å². The Morgan fingerprint density at radius 1 is 1.35 bits per heavy atom. The lowest BCUT2D eigenvalue weighted by atomic mass is 9.69. The SMILES string of the molecule is Cc1ccc([C@@H]2CC(=O)C[C@@](C)(C#N)C2)cc1. The van der Waals surface area contributed by atoms with Crippen LogP contribution in [0.4, 0.5) is 0 Å². The number of carbonyl (C=O) groups is 1. The third kappa shape index (κ3) is 2.55. The molecule has 2 nitrogen and oxygen atoms in total. The van der Waals surface area contributed by atoms with E-state index in [0.717, 1.165) is 6.42 Å². The molecule has 1 aromatic rings. The topological polar surface area (TPSA) is 40.9 Å². The van der Waals surface area contributed by atoms with Gasteiger partial charge in [-0.3, -0.25) is 4.79 Å². The highest BCUT2D eigenvalue weighted by Gasteiger charge is 2.37. The van der Waals surface area contributed by atoms with Crippen LogP contribution >= 0.6 is 0 Å². The van der Waals surface area contributed by atoms with Crippen LogP contribution in [0.3, 0.4) is 0 Å². The summed E-state index contributed by atoms with van der Waals surface area (Å²) < 4.78 is 0. The van der Waals surface area contributed by atoms with Crippen LogP contribution in [0.25, 0.3) is 0 Å². The molecule has 88 valence electrons. The third-order valence-corrected chi connectivity index (χ3v) is 3.58. The van der Waals surface area contributed by atoms with Crippen LogP contribution in [-0.2, 0) is 4.79 Å². The van der Waals surface area contributed by atoms with Crippen molar-refractivity contribution in [2.24, 2.45) is 5.41 Å². The van der Waals surface area contributed by atoms with Crippen LogP contribution in [-0.4, -0.2) is 5.78 Å². The maximum absolute atomic E-state index is 11.7. The van der Waals surface area contributed by atoms with Gasteiger partial charge in [-0.15, -0.1) is 0 Å². The Morgan fingerprint density at radius 2 is 2.00 bits per heavy atom. The Hall–Kier alpha value is -1.62. The van der Waals surface area contributed by atoms with Gasteiger partial charge in [-0.05, 0) is 31.7 Å². The molecule has 1 aliphatic rings. The zero-order valence-electron chi connectivity index (χ0n) is 10.4. The van der Waals surface area contributed by atoms with Gasteiger partial charge in [0.25, 0.3) is 0 Å². The van der Waals surface area contributed by atoms with Crippen molar-refractivity contribution in [3.05, 3.63) is 35.4 Å². The third-order valence-electron chi connectivity index (χ3n) is 3.58. The number of rotatable bonds is 1. The molecule has 0 radical (unpaired) electrons. The summed E-state index contributed by atoms with van der Waals surface area (Å²) in [5.41, 5.74) is 1.93. The van der Waals surface area contributed by atoms with E-state index >= 15 is 0 Å². The number of nitrogens with zero attached hydrogens (tertiary/aromatic N) is 1. The van der Waals surface area contributed by atoms with E-state index in [1.807, 2.05) is 6.92 Å². The molecule has 0 aromatic heterocycles. The van der Waals surface area contributed by atoms with Crippen molar-refractivity contribution in [3.8, 4) is 6.07 Å². The van der Waals surface area contributed by atoms with Gasteiger partial charge >= 0.3 is 0 Å². The van der Waals surface area contributed by atoms with E-state index in [4.69, 9.17) is 0 Å². The number of ketones is 1. The first-order chi connectivity index (χ1) is 8.02. The average Bonchev–Trinajstić information content (AvgIpc) is 2.29. The number of hydrogen-bond acceptors (Lipinski definition) is 2. The highest BCUT2D eigenvalue weighted by Crippen LogP contribution is 2.41. The van der Waals surface area contributed by atoms with E-state index in [2.05, 4.69) is 37.3 Å². The molecule has 1 saturated carbocycles. The van der Waals surface area contributed by atoms with E-state index in [9.17, 15) is 10.1 Å². The van der Waals surface area contributed by atoms with Crippen molar-refractivity contribution < 1.29 is 4.79 Å². The number of carbonyl (C=O) groups excluding carboxylic acids is 1. The lowest BCUT2D eigenvalue weighted by molar-refractivity contribution is -0.122. The molecule has 0 spiro atoms. The van der Waals surface area contributed by atoms with Crippen molar-refractivity contribution in [1.82, 2.24) is 0 Å². The lowest BCUT2D eigenvalue weighted by Crippen LogP contribution is -2.29. The Bertz CT molecular complexity index is 469. The van der Waals surface area contributed by atoms with Crippen LogP contribution in [0.1, 0.15) is 43.2 Å². The molecular formula is C15H17NO. The van der Waals surface area contributed by atoms with Gasteiger partial charge in [0.1, 0.15) is 5.78 Å². The van der Waals surface area contributed by atoms with E-state index < -0.39 is 5.41 Å². The molecule has 1 aromatic carbocycles. The van der Waals surface area contributed by atoms with Gasteiger partial charge in [0.2, 0.25) is 0 Å². The van der Waals surface area contributed by atoms with E-state index in [1.165, 1.54) is 11.1 Å². The summed E-state index contributed by atoms with van der Waals surface area (Å²) in [6.45, 7) is 3.94. The first kappa shape index (κ1) is 11.9. The summed E-state index contributed by atoms with van der Waals surface area (Å²) in [5, 5.41) is 9.17. The normalized spacial score (nSPS) is 28.8. The highest BCUT2D eigenvalue weighted by molar-refractivity contribution is 5.81. The van der Waals surface area contributed by atoms with Gasteiger partial charge < -0.3 is 0 Å². The summed E-state index contributed by atoms with van der Waals surface area (Å²) in [7, 11) is 0. The predicted molar refractivity (Wildman–Crippen MR) is 66.5 cm³/mol. The second-order valence-electron chi connectivity index (χ2n) is 5.40. The minimum atomic E-state index is -0.481. The molecule has 0 amide bonds. The Kier molecular flexibility index (Phi) is 3.02. The van der Waals surface area contributed by atoms with Gasteiger partial charge in [0.15, 0.2) is 0 Å². The zero-order chi connectivity index (χ0) is 12.5. The number of hydrogen-bond donors (Lipinski definition) is 0. The Labute approximate surface area is 102 Å². The van der Waals surface area contributed by atoms with Crippen LogP contribution < -0.4 is 0 Å². The monoisotopic (exact) mass is 227 g/mol. The molecule has 17 heavy (non-hydrogen) atoms. The maximum atomic E-state index is 11.7. The molecule has 1 fully saturated rings. The summed E-state index contributed by atoms with van der Waals surface area (Å²) in [6.07, 6.45) is 1.78. The van der Waals surface area contributed by atoms with E-state index in [1.54, 1.807) is 0 Å². The van der Waals surface area contributed by atoms with Gasteiger partial charge in [0, 0.05) is 12.8 Å². The molecular weight excluding hydrogens is 210 g/mol. The summed E-state index contributed by atoms with van der Waals surface area (Å²) in [5.74, 6) is 0.423. The first-order valence-electron chi connectivity index (χ1n) is 6.02. The smallest absolute Gasteiger partial charge is 0.135 e. The largest absolute Gasteiger partial charge is 0.300 e. The summed E-state index contributed by atoms with van der Waals surface area (Å²) in [4.78, 5) is 11.7. The molecule has 0 saturated heterocycles. The second kappa shape index (κ2) is 4.33. The number of aryl methyl sites for hydroxylation is 1. The number of benzene rings is 1. The minimum absolute atomic E-state index is 0.210. The fraction of sp³-hybridized carbons (Fsp3) is 0.467. The Morgan fingerprint density at radius 3 is 2.59 bits per heavy atom. The van der Waals surface area contributed by atoms with Crippen LogP contribution in [0.2, 0.25) is 0 Å². The molecule has 2 rings (SSSR count). The molecule has 0 heterocycles. The van der Waals surface area contributed by atoms with Gasteiger partial charge in [0.05, 0.1) is 11.5 Å². The number of Topliss-reactive ketones (excluding diaryl/α,β-unsaturated/α-hetero) is 1. The van der Waals surface area contributed by atoms with Crippen molar-refractivity contribution >= 4 is 5.78 Å². The van der Waals surface area contributed by atoms with Gasteiger partial charge in [-0.25, -0.2) is 0 Å². The molecule has 2 heteroatoms. The summed E-state index contributed by atoms with van der Waals surface area (Å²) >= 11 is 0. The fourth-order valence-corrected chi connectivity index (χ4v) is 2.63. The molecule has 2 atom stereocenters.